The van der Waals surface area contributed by atoms with Crippen molar-refractivity contribution in [1.82, 2.24) is 5.06 Å². The first-order valence-electron chi connectivity index (χ1n) is 8.03. The molecule has 1 N–H and O–H groups in total. The molecule has 0 saturated heterocycles. The van der Waals surface area contributed by atoms with Crippen LogP contribution in [0.15, 0.2) is 70.3 Å². The maximum absolute atomic E-state index is 10.9. The van der Waals surface area contributed by atoms with Gasteiger partial charge in [-0.05, 0) is 26.8 Å². The first-order chi connectivity index (χ1) is 11.5. The fraction of sp³-hybridized carbons (Fsp3) is 0.200. The summed E-state index contributed by atoms with van der Waals surface area (Å²) in [5.41, 5.74) is 5.59. The van der Waals surface area contributed by atoms with Crippen molar-refractivity contribution in [3.63, 3.8) is 0 Å². The van der Waals surface area contributed by atoms with Gasteiger partial charge in [0.25, 0.3) is 0 Å². The van der Waals surface area contributed by atoms with Crippen molar-refractivity contribution in [2.24, 2.45) is 9.98 Å². The van der Waals surface area contributed by atoms with Gasteiger partial charge in [-0.25, -0.2) is 5.06 Å². The highest BCUT2D eigenvalue weighted by Gasteiger charge is 2.40. The molecule has 2 aromatic carbocycles. The van der Waals surface area contributed by atoms with Crippen LogP contribution in [0.1, 0.15) is 31.9 Å². The fourth-order valence-corrected chi connectivity index (χ4v) is 3.28. The topological polar surface area (TPSA) is 48.2 Å². The predicted molar refractivity (Wildman–Crippen MR) is 96.8 cm³/mol. The minimum Gasteiger partial charge on any atom is -0.286 e. The van der Waals surface area contributed by atoms with Crippen LogP contribution in [0, 0.1) is 0 Å². The summed E-state index contributed by atoms with van der Waals surface area (Å²) in [5.74, 6) is 0. The number of hydroxylamine groups is 2. The predicted octanol–water partition coefficient (Wildman–Crippen LogP) is 4.43. The largest absolute Gasteiger partial charge is 0.286 e. The third-order valence-corrected chi connectivity index (χ3v) is 4.45. The van der Waals surface area contributed by atoms with Crippen LogP contribution < -0.4 is 0 Å². The zero-order chi connectivity index (χ0) is 16.9. The van der Waals surface area contributed by atoms with E-state index in [0.29, 0.717) is 0 Å². The van der Waals surface area contributed by atoms with Gasteiger partial charge in [-0.15, -0.1) is 0 Å². The van der Waals surface area contributed by atoms with E-state index in [4.69, 9.17) is 4.99 Å². The summed E-state index contributed by atoms with van der Waals surface area (Å²) in [6.07, 6.45) is 0. The van der Waals surface area contributed by atoms with Crippen molar-refractivity contribution >= 4 is 22.7 Å². The van der Waals surface area contributed by atoms with E-state index < -0.39 is 5.66 Å². The molecule has 24 heavy (non-hydrogen) atoms. The van der Waals surface area contributed by atoms with Crippen LogP contribution >= 0.6 is 0 Å². The standard InChI is InChI=1S/C20H19N3O/c1-13-17(15-11-7-8-12-16(15)21-13)19-18(14-9-5-4-6-10-14)22-20(2,3)23(19)24/h4-12,24H,1-3H3/b19-17+. The molecular formula is C20H19N3O. The Kier molecular flexibility index (Phi) is 3.18. The molecule has 4 heteroatoms. The average Bonchev–Trinajstić information content (AvgIpc) is 3.02. The van der Waals surface area contributed by atoms with Gasteiger partial charge in [0.15, 0.2) is 5.66 Å². The Morgan fingerprint density at radius 1 is 0.958 bits per heavy atom. The Morgan fingerprint density at radius 3 is 2.38 bits per heavy atom. The van der Waals surface area contributed by atoms with E-state index in [-0.39, 0.29) is 0 Å². The first kappa shape index (κ1) is 14.8. The summed E-state index contributed by atoms with van der Waals surface area (Å²) in [6, 6.07) is 18.0. The van der Waals surface area contributed by atoms with Crippen LogP contribution in [-0.2, 0) is 0 Å². The highest BCUT2D eigenvalue weighted by molar-refractivity contribution is 6.35. The number of benzene rings is 2. The molecule has 0 atom stereocenters. The van der Waals surface area contributed by atoms with Gasteiger partial charge in [-0.2, -0.15) is 0 Å². The van der Waals surface area contributed by atoms with E-state index in [1.54, 1.807) is 0 Å². The molecule has 4 rings (SSSR count). The average molecular weight is 317 g/mol. The van der Waals surface area contributed by atoms with Gasteiger partial charge in [-0.3, -0.25) is 15.2 Å². The molecule has 4 nitrogen and oxygen atoms in total. The Balaban J connectivity index is 2.00. The van der Waals surface area contributed by atoms with Crippen molar-refractivity contribution in [3.8, 4) is 0 Å². The number of rotatable bonds is 1. The lowest BCUT2D eigenvalue weighted by Crippen LogP contribution is -2.35. The molecule has 0 saturated carbocycles. The summed E-state index contributed by atoms with van der Waals surface area (Å²) < 4.78 is 0. The molecule has 120 valence electrons. The van der Waals surface area contributed by atoms with Gasteiger partial charge in [-0.1, -0.05) is 48.5 Å². The van der Waals surface area contributed by atoms with E-state index in [1.165, 1.54) is 5.06 Å². The van der Waals surface area contributed by atoms with E-state index >= 15 is 0 Å². The number of hydrogen-bond donors (Lipinski definition) is 1. The van der Waals surface area contributed by atoms with Crippen LogP contribution in [0.2, 0.25) is 0 Å². The number of hydrogen-bond acceptors (Lipinski definition) is 4. The number of allylic oxidation sites excluding steroid dienone is 2. The second-order valence-electron chi connectivity index (χ2n) is 6.57. The van der Waals surface area contributed by atoms with Gasteiger partial charge in [0.1, 0.15) is 5.70 Å². The lowest BCUT2D eigenvalue weighted by atomic mass is 9.96. The highest BCUT2D eigenvalue weighted by atomic mass is 16.5. The third-order valence-electron chi connectivity index (χ3n) is 4.45. The quantitative estimate of drug-likeness (QED) is 0.845. The van der Waals surface area contributed by atoms with E-state index in [0.717, 1.165) is 39.5 Å². The third kappa shape index (κ3) is 2.11. The normalized spacial score (nSPS) is 21.6. The van der Waals surface area contributed by atoms with Crippen molar-refractivity contribution in [1.29, 1.82) is 0 Å². The van der Waals surface area contributed by atoms with Crippen molar-refractivity contribution < 1.29 is 5.21 Å². The Hall–Kier alpha value is -2.72. The lowest BCUT2D eigenvalue weighted by molar-refractivity contribution is -0.111. The van der Waals surface area contributed by atoms with Crippen LogP contribution in [0.5, 0.6) is 0 Å². The molecule has 0 radical (unpaired) electrons. The molecule has 2 aromatic rings. The zero-order valence-corrected chi connectivity index (χ0v) is 14.0. The molecule has 0 aliphatic carbocycles. The van der Waals surface area contributed by atoms with Crippen LogP contribution in [-0.4, -0.2) is 27.4 Å². The monoisotopic (exact) mass is 317 g/mol. The Morgan fingerprint density at radius 2 is 1.62 bits per heavy atom. The molecule has 0 spiro atoms. The van der Waals surface area contributed by atoms with Crippen molar-refractivity contribution in [2.75, 3.05) is 0 Å². The highest BCUT2D eigenvalue weighted by Crippen LogP contribution is 2.42. The van der Waals surface area contributed by atoms with E-state index in [9.17, 15) is 5.21 Å². The lowest BCUT2D eigenvalue weighted by Gasteiger charge is -2.26. The molecule has 0 fully saturated rings. The summed E-state index contributed by atoms with van der Waals surface area (Å²) in [6.45, 7) is 5.78. The fourth-order valence-electron chi connectivity index (χ4n) is 3.28. The first-order valence-corrected chi connectivity index (χ1v) is 8.03. The molecule has 2 aliphatic heterocycles. The summed E-state index contributed by atoms with van der Waals surface area (Å²) in [4.78, 5) is 9.44. The van der Waals surface area contributed by atoms with E-state index in [2.05, 4.69) is 4.99 Å². The maximum Gasteiger partial charge on any atom is 0.151 e. The molecule has 0 aromatic heterocycles. The number of aliphatic imine (C=N–C) groups is 2. The van der Waals surface area contributed by atoms with Gasteiger partial charge < -0.3 is 0 Å². The van der Waals surface area contributed by atoms with Gasteiger partial charge in [0.05, 0.1) is 11.4 Å². The molecular weight excluding hydrogens is 298 g/mol. The molecule has 0 amide bonds. The van der Waals surface area contributed by atoms with Crippen molar-refractivity contribution in [2.45, 2.75) is 26.4 Å². The van der Waals surface area contributed by atoms with Gasteiger partial charge in [0.2, 0.25) is 0 Å². The van der Waals surface area contributed by atoms with Gasteiger partial charge >= 0.3 is 0 Å². The van der Waals surface area contributed by atoms with Crippen LogP contribution in [0.3, 0.4) is 0 Å². The minimum atomic E-state index is -0.717. The molecule has 2 aliphatic rings. The second-order valence-corrected chi connectivity index (χ2v) is 6.57. The number of fused-ring (bicyclic) bond motifs is 1. The van der Waals surface area contributed by atoms with Crippen LogP contribution in [0.25, 0.3) is 5.57 Å². The molecule has 0 bridgehead atoms. The molecule has 0 unspecified atom stereocenters. The minimum absolute atomic E-state index is 0.717. The smallest absolute Gasteiger partial charge is 0.151 e. The molecule has 2 heterocycles. The maximum atomic E-state index is 10.9. The second kappa shape index (κ2) is 5.14. The van der Waals surface area contributed by atoms with Crippen LogP contribution in [0.4, 0.5) is 5.69 Å². The SMILES string of the molecule is CC1=Nc2ccccc2/C1=C1\C(c2ccccc2)=NC(C)(C)N1O. The van der Waals surface area contributed by atoms with Gasteiger partial charge in [0, 0.05) is 22.4 Å². The van der Waals surface area contributed by atoms with Crippen molar-refractivity contribution in [3.05, 3.63) is 71.4 Å². The summed E-state index contributed by atoms with van der Waals surface area (Å²) in [5, 5.41) is 12.1. The number of para-hydroxylation sites is 1. The Bertz CT molecular complexity index is 907. The number of nitrogens with zero attached hydrogens (tertiary/aromatic N) is 3. The zero-order valence-electron chi connectivity index (χ0n) is 14.0. The van der Waals surface area contributed by atoms with E-state index in [1.807, 2.05) is 75.4 Å². The summed E-state index contributed by atoms with van der Waals surface area (Å²) in [7, 11) is 0. The summed E-state index contributed by atoms with van der Waals surface area (Å²) >= 11 is 0. The Labute approximate surface area is 141 Å².